The van der Waals surface area contributed by atoms with Crippen molar-refractivity contribution in [2.45, 2.75) is 18.9 Å². The SMILES string of the molecule is COc1ccc(C2=Nc3ccccc3NC(C)(c3ccc(OC)cc3OC)C2)c(OC)c1. The molecule has 0 bridgehead atoms. The van der Waals surface area contributed by atoms with E-state index in [0.717, 1.165) is 45.5 Å². The second-order valence-electron chi connectivity index (χ2n) is 7.84. The summed E-state index contributed by atoms with van der Waals surface area (Å²) >= 11 is 0. The number of anilines is 1. The van der Waals surface area contributed by atoms with E-state index in [2.05, 4.69) is 12.2 Å². The highest BCUT2D eigenvalue weighted by Gasteiger charge is 2.35. The Morgan fingerprint density at radius 3 is 2.12 bits per heavy atom. The molecule has 0 aromatic heterocycles. The molecule has 3 aromatic carbocycles. The Morgan fingerprint density at radius 2 is 1.44 bits per heavy atom. The predicted molar refractivity (Wildman–Crippen MR) is 127 cm³/mol. The fourth-order valence-corrected chi connectivity index (χ4v) is 4.15. The first-order valence-electron chi connectivity index (χ1n) is 10.4. The fourth-order valence-electron chi connectivity index (χ4n) is 4.15. The van der Waals surface area contributed by atoms with Crippen molar-refractivity contribution in [1.29, 1.82) is 0 Å². The van der Waals surface area contributed by atoms with Crippen LogP contribution in [0.25, 0.3) is 0 Å². The number of nitrogens with zero attached hydrogens (tertiary/aromatic N) is 1. The van der Waals surface area contributed by atoms with Crippen LogP contribution in [0.3, 0.4) is 0 Å². The van der Waals surface area contributed by atoms with Crippen LogP contribution in [0.4, 0.5) is 11.4 Å². The van der Waals surface area contributed by atoms with Gasteiger partial charge in [0.15, 0.2) is 0 Å². The fraction of sp³-hybridized carbons (Fsp3) is 0.269. The van der Waals surface area contributed by atoms with Crippen LogP contribution in [0.5, 0.6) is 23.0 Å². The number of aliphatic imine (C=N–C) groups is 1. The molecule has 1 N–H and O–H groups in total. The first-order valence-corrected chi connectivity index (χ1v) is 10.4. The molecule has 6 heteroatoms. The number of para-hydroxylation sites is 2. The van der Waals surface area contributed by atoms with Gasteiger partial charge < -0.3 is 24.3 Å². The summed E-state index contributed by atoms with van der Waals surface area (Å²) in [7, 11) is 6.63. The predicted octanol–water partition coefficient (Wildman–Crippen LogP) is 5.57. The first kappa shape index (κ1) is 21.6. The highest BCUT2D eigenvalue weighted by atomic mass is 16.5. The number of ether oxygens (including phenoxy) is 4. The smallest absolute Gasteiger partial charge is 0.131 e. The van der Waals surface area contributed by atoms with Crippen molar-refractivity contribution in [1.82, 2.24) is 0 Å². The molecule has 0 saturated carbocycles. The van der Waals surface area contributed by atoms with E-state index in [4.69, 9.17) is 23.9 Å². The summed E-state index contributed by atoms with van der Waals surface area (Å²) in [5, 5.41) is 3.72. The molecule has 6 nitrogen and oxygen atoms in total. The number of hydrogen-bond acceptors (Lipinski definition) is 6. The second-order valence-corrected chi connectivity index (χ2v) is 7.84. The van der Waals surface area contributed by atoms with Crippen LogP contribution in [0, 0.1) is 0 Å². The van der Waals surface area contributed by atoms with E-state index in [9.17, 15) is 0 Å². The number of benzene rings is 3. The molecule has 0 radical (unpaired) electrons. The van der Waals surface area contributed by atoms with E-state index >= 15 is 0 Å². The highest BCUT2D eigenvalue weighted by Crippen LogP contribution is 2.43. The van der Waals surface area contributed by atoms with Crippen molar-refractivity contribution in [2.75, 3.05) is 33.8 Å². The molecule has 4 rings (SSSR count). The van der Waals surface area contributed by atoms with Crippen LogP contribution in [-0.2, 0) is 5.54 Å². The molecule has 0 spiro atoms. The van der Waals surface area contributed by atoms with E-state index in [0.29, 0.717) is 12.2 Å². The largest absolute Gasteiger partial charge is 0.497 e. The van der Waals surface area contributed by atoms with Gasteiger partial charge in [-0.05, 0) is 43.3 Å². The molecule has 1 unspecified atom stereocenters. The Balaban J connectivity index is 1.89. The molecule has 32 heavy (non-hydrogen) atoms. The maximum absolute atomic E-state index is 5.75. The molecule has 0 aliphatic carbocycles. The summed E-state index contributed by atoms with van der Waals surface area (Å²) in [6.07, 6.45) is 0.604. The van der Waals surface area contributed by atoms with Crippen molar-refractivity contribution in [3.8, 4) is 23.0 Å². The lowest BCUT2D eigenvalue weighted by atomic mass is 9.84. The Hall–Kier alpha value is -3.67. The van der Waals surface area contributed by atoms with Gasteiger partial charge in [0.2, 0.25) is 0 Å². The van der Waals surface area contributed by atoms with Gasteiger partial charge in [-0.15, -0.1) is 0 Å². The molecular formula is C26H28N2O4. The summed E-state index contributed by atoms with van der Waals surface area (Å²) in [6.45, 7) is 2.16. The molecule has 1 aliphatic heterocycles. The van der Waals surface area contributed by atoms with Crippen molar-refractivity contribution in [2.24, 2.45) is 4.99 Å². The number of hydrogen-bond donors (Lipinski definition) is 1. The van der Waals surface area contributed by atoms with E-state index in [-0.39, 0.29) is 0 Å². The van der Waals surface area contributed by atoms with Gasteiger partial charge in [-0.25, -0.2) is 0 Å². The lowest BCUT2D eigenvalue weighted by Crippen LogP contribution is -2.34. The lowest BCUT2D eigenvalue weighted by Gasteiger charge is -2.33. The van der Waals surface area contributed by atoms with Gasteiger partial charge in [-0.3, -0.25) is 4.99 Å². The van der Waals surface area contributed by atoms with Gasteiger partial charge in [-0.2, -0.15) is 0 Å². The molecule has 0 amide bonds. The minimum Gasteiger partial charge on any atom is -0.497 e. The van der Waals surface area contributed by atoms with Crippen LogP contribution in [0.15, 0.2) is 65.7 Å². The van der Waals surface area contributed by atoms with Crippen LogP contribution in [0.2, 0.25) is 0 Å². The molecule has 166 valence electrons. The number of rotatable bonds is 6. The van der Waals surface area contributed by atoms with Gasteiger partial charge in [0, 0.05) is 29.7 Å². The van der Waals surface area contributed by atoms with Crippen LogP contribution in [0.1, 0.15) is 24.5 Å². The molecule has 3 aromatic rings. The van der Waals surface area contributed by atoms with Gasteiger partial charge in [0.05, 0.1) is 51.1 Å². The summed E-state index contributed by atoms with van der Waals surface area (Å²) < 4.78 is 22.2. The molecule has 0 fully saturated rings. The summed E-state index contributed by atoms with van der Waals surface area (Å²) in [6, 6.07) is 19.8. The lowest BCUT2D eigenvalue weighted by molar-refractivity contribution is 0.382. The Bertz CT molecular complexity index is 1160. The number of methoxy groups -OCH3 is 4. The topological polar surface area (TPSA) is 61.3 Å². The van der Waals surface area contributed by atoms with Crippen molar-refractivity contribution in [3.05, 3.63) is 71.8 Å². The third-order valence-electron chi connectivity index (χ3n) is 5.81. The van der Waals surface area contributed by atoms with Crippen LogP contribution in [-0.4, -0.2) is 34.2 Å². The van der Waals surface area contributed by atoms with Gasteiger partial charge in [0.1, 0.15) is 23.0 Å². The number of nitrogens with one attached hydrogen (secondary N) is 1. The summed E-state index contributed by atoms with van der Waals surface area (Å²) in [4.78, 5) is 5.05. The molecule has 0 saturated heterocycles. The van der Waals surface area contributed by atoms with E-state index < -0.39 is 5.54 Å². The van der Waals surface area contributed by atoms with Crippen molar-refractivity contribution >= 4 is 17.1 Å². The molecule has 1 atom stereocenters. The van der Waals surface area contributed by atoms with E-state index in [1.165, 1.54) is 0 Å². The zero-order valence-electron chi connectivity index (χ0n) is 19.1. The average molecular weight is 433 g/mol. The molecule has 1 heterocycles. The molecular weight excluding hydrogens is 404 g/mol. The van der Waals surface area contributed by atoms with Crippen molar-refractivity contribution in [3.63, 3.8) is 0 Å². The van der Waals surface area contributed by atoms with Crippen LogP contribution >= 0.6 is 0 Å². The molecule has 1 aliphatic rings. The third kappa shape index (κ3) is 3.96. The zero-order valence-corrected chi connectivity index (χ0v) is 19.1. The standard InChI is InChI=1S/C26H28N2O4/c1-26(20-13-11-18(30-3)15-25(20)32-5)16-23(27-21-8-6-7-9-22(21)28-26)19-12-10-17(29-2)14-24(19)31-4/h6-15,28H,16H2,1-5H3. The normalized spacial score (nSPS) is 17.3. The maximum atomic E-state index is 5.75. The van der Waals surface area contributed by atoms with Gasteiger partial charge in [0.25, 0.3) is 0 Å². The van der Waals surface area contributed by atoms with Gasteiger partial charge >= 0.3 is 0 Å². The monoisotopic (exact) mass is 432 g/mol. The average Bonchev–Trinajstić information content (AvgIpc) is 2.99. The maximum Gasteiger partial charge on any atom is 0.131 e. The Kier molecular flexibility index (Phi) is 5.95. The zero-order chi connectivity index (χ0) is 22.7. The number of fused-ring (bicyclic) bond motifs is 1. The second kappa shape index (κ2) is 8.83. The minimum atomic E-state index is -0.506. The minimum absolute atomic E-state index is 0.506. The summed E-state index contributed by atoms with van der Waals surface area (Å²) in [5.41, 5.74) is 4.16. The quantitative estimate of drug-likeness (QED) is 0.552. The van der Waals surface area contributed by atoms with Crippen molar-refractivity contribution < 1.29 is 18.9 Å². The van der Waals surface area contributed by atoms with Crippen LogP contribution < -0.4 is 24.3 Å². The highest BCUT2D eigenvalue weighted by molar-refractivity contribution is 6.06. The Morgan fingerprint density at radius 1 is 0.781 bits per heavy atom. The van der Waals surface area contributed by atoms with E-state index in [1.807, 2.05) is 60.7 Å². The Labute approximate surface area is 188 Å². The van der Waals surface area contributed by atoms with Gasteiger partial charge in [-0.1, -0.05) is 12.1 Å². The summed E-state index contributed by atoms with van der Waals surface area (Å²) in [5.74, 6) is 2.94. The first-order chi connectivity index (χ1) is 15.5. The third-order valence-corrected chi connectivity index (χ3v) is 5.81. The van der Waals surface area contributed by atoms with E-state index in [1.54, 1.807) is 28.4 Å².